The number of fused-ring (bicyclic) bond motifs is 1. The summed E-state index contributed by atoms with van der Waals surface area (Å²) in [5, 5.41) is 0. The van der Waals surface area contributed by atoms with Crippen LogP contribution in [-0.4, -0.2) is 48.1 Å². The molecular formula is C18H31N2O3P. The monoisotopic (exact) mass is 354 g/mol. The third-order valence-electron chi connectivity index (χ3n) is 6.53. The van der Waals surface area contributed by atoms with Crippen molar-refractivity contribution in [2.24, 2.45) is 17.8 Å². The largest absolute Gasteiger partial charge is 0.647 e. The van der Waals surface area contributed by atoms with E-state index in [9.17, 15) is 9.69 Å². The molecule has 0 N–H and O–H groups in total. The van der Waals surface area contributed by atoms with Gasteiger partial charge in [-0.25, -0.2) is 0 Å². The number of likely N-dealkylation sites (N-methyl/N-ethyl adjacent to an activating group) is 2. The number of cyclic esters (lactones) is 1. The molecule has 0 unspecified atom stereocenters. The second-order valence-electron chi connectivity index (χ2n) is 7.76. The zero-order valence-electron chi connectivity index (χ0n) is 15.4. The minimum absolute atomic E-state index is 0.0825. The molecule has 0 spiro atoms. The van der Waals surface area contributed by atoms with Gasteiger partial charge in [0.2, 0.25) is 0 Å². The van der Waals surface area contributed by atoms with Gasteiger partial charge in [-0.3, -0.25) is 4.79 Å². The maximum atomic E-state index is 13.6. The Labute approximate surface area is 146 Å². The molecule has 0 aromatic carbocycles. The summed E-state index contributed by atoms with van der Waals surface area (Å²) in [6.45, 7) is 4.58. The lowest BCUT2D eigenvalue weighted by molar-refractivity contribution is -0.185. The molecule has 6 heteroatoms. The Morgan fingerprint density at radius 3 is 2.38 bits per heavy atom. The van der Waals surface area contributed by atoms with Gasteiger partial charge in [-0.05, 0) is 37.2 Å². The molecule has 0 bridgehead atoms. The second-order valence-corrected chi connectivity index (χ2v) is 10.5. The van der Waals surface area contributed by atoms with E-state index in [4.69, 9.17) is 4.74 Å². The van der Waals surface area contributed by atoms with E-state index in [0.717, 1.165) is 19.3 Å². The van der Waals surface area contributed by atoms with E-state index >= 15 is 0 Å². The molecule has 2 saturated heterocycles. The van der Waals surface area contributed by atoms with E-state index in [1.807, 2.05) is 26.8 Å². The van der Waals surface area contributed by atoms with Crippen LogP contribution in [0.2, 0.25) is 0 Å². The van der Waals surface area contributed by atoms with Crippen molar-refractivity contribution >= 4 is 13.8 Å². The molecule has 3 aliphatic rings. The van der Waals surface area contributed by atoms with Crippen LogP contribution in [-0.2, 0) is 9.53 Å². The van der Waals surface area contributed by atoms with Crippen molar-refractivity contribution in [2.45, 2.75) is 58.0 Å². The Morgan fingerprint density at radius 1 is 1.21 bits per heavy atom. The summed E-state index contributed by atoms with van der Waals surface area (Å²) in [5.41, 5.74) is 0. The Hall–Kier alpha value is -0.480. The van der Waals surface area contributed by atoms with E-state index in [1.165, 1.54) is 12.8 Å². The van der Waals surface area contributed by atoms with Crippen LogP contribution in [0.25, 0.3) is 0 Å². The summed E-state index contributed by atoms with van der Waals surface area (Å²) in [4.78, 5) is 25.4. The average molecular weight is 354 g/mol. The third-order valence-corrected chi connectivity index (χ3v) is 9.49. The molecule has 0 amide bonds. The Balaban J connectivity index is 1.73. The number of carbonyl (C=O) groups is 1. The van der Waals surface area contributed by atoms with Gasteiger partial charge >= 0.3 is 5.97 Å². The summed E-state index contributed by atoms with van der Waals surface area (Å²) < 4.78 is 9.38. The van der Waals surface area contributed by atoms with Gasteiger partial charge in [0.05, 0.1) is 30.4 Å². The summed E-state index contributed by atoms with van der Waals surface area (Å²) >= 11 is 0. The molecule has 2 heterocycles. The van der Waals surface area contributed by atoms with Gasteiger partial charge in [-0.2, -0.15) is 9.34 Å². The quantitative estimate of drug-likeness (QED) is 0.576. The highest BCUT2D eigenvalue weighted by atomic mass is 31.2. The number of hydrogen-bond donors (Lipinski definition) is 0. The molecule has 5 atom stereocenters. The van der Waals surface area contributed by atoms with Crippen LogP contribution in [0.15, 0.2) is 11.9 Å². The minimum Gasteiger partial charge on any atom is -0.647 e. The van der Waals surface area contributed by atoms with Gasteiger partial charge < -0.3 is 9.63 Å². The molecule has 136 valence electrons. The lowest BCUT2D eigenvalue weighted by Gasteiger charge is -2.35. The number of allylic oxidation sites excluding steroid dienone is 1. The molecule has 0 radical (unpaired) electrons. The Bertz CT molecular complexity index is 494. The van der Waals surface area contributed by atoms with Crippen molar-refractivity contribution in [1.29, 1.82) is 0 Å². The summed E-state index contributed by atoms with van der Waals surface area (Å²) in [5.74, 6) is 2.26. The van der Waals surface area contributed by atoms with Crippen LogP contribution in [0.4, 0.5) is 0 Å². The first-order chi connectivity index (χ1) is 11.4. The first kappa shape index (κ1) is 18.3. The van der Waals surface area contributed by atoms with E-state index in [0.29, 0.717) is 18.7 Å². The highest BCUT2D eigenvalue weighted by Gasteiger charge is 2.54. The molecule has 1 aliphatic carbocycles. The predicted molar refractivity (Wildman–Crippen MR) is 95.0 cm³/mol. The van der Waals surface area contributed by atoms with Gasteiger partial charge in [0.1, 0.15) is 7.79 Å². The number of hydrogen-bond acceptors (Lipinski definition) is 5. The maximum Gasteiger partial charge on any atom is 0.308 e. The molecule has 0 aromatic heterocycles. The normalized spacial score (nSPS) is 39.0. The van der Waals surface area contributed by atoms with Crippen LogP contribution in [0.3, 0.4) is 0 Å². The molecule has 24 heavy (non-hydrogen) atoms. The first-order valence-corrected chi connectivity index (χ1v) is 11.0. The summed E-state index contributed by atoms with van der Waals surface area (Å²) in [6, 6.07) is 0.830. The SMILES string of the molecule is C[C@@H]1C(=O)OCC[C@H]1[C@@H](C)/C=C/[P+]1([O-])N(C)[C@@H]2CCCC[C@H]2N1C. The zero-order valence-corrected chi connectivity index (χ0v) is 16.2. The number of ether oxygens (including phenoxy) is 1. The maximum absolute atomic E-state index is 13.6. The zero-order chi connectivity index (χ0) is 17.5. The van der Waals surface area contributed by atoms with Crippen LogP contribution in [0, 0.1) is 17.8 Å². The van der Waals surface area contributed by atoms with Gasteiger partial charge in [-0.1, -0.05) is 26.7 Å². The lowest BCUT2D eigenvalue weighted by Crippen LogP contribution is -2.37. The fourth-order valence-corrected chi connectivity index (χ4v) is 7.53. The summed E-state index contributed by atoms with van der Waals surface area (Å²) in [6.07, 6.45) is 7.74. The smallest absolute Gasteiger partial charge is 0.308 e. The molecule has 3 fully saturated rings. The molecular weight excluding hydrogens is 323 g/mol. The van der Waals surface area contributed by atoms with Crippen molar-refractivity contribution in [2.75, 3.05) is 20.7 Å². The molecule has 3 rings (SSSR count). The minimum atomic E-state index is -2.63. The fourth-order valence-electron chi connectivity index (χ4n) is 4.78. The molecule has 0 aromatic rings. The Kier molecular flexibility index (Phi) is 5.36. The number of esters is 1. The van der Waals surface area contributed by atoms with Crippen molar-refractivity contribution in [1.82, 2.24) is 9.34 Å². The number of nitrogens with zero attached hydrogens (tertiary/aromatic N) is 2. The third kappa shape index (κ3) is 3.05. The standard InChI is InChI=1S/C18H31N2O3P/c1-13(15-9-11-23-18(21)14(15)2)10-12-24(22)19(3)16-7-5-6-8-17(16)20(24)4/h10,12-17H,5-9,11H2,1-4H3/b12-10+/t13-,14-,15-,16+,17+/m0/s1. The van der Waals surface area contributed by atoms with Crippen molar-refractivity contribution in [3.63, 3.8) is 0 Å². The highest BCUT2D eigenvalue weighted by molar-refractivity contribution is 7.67. The van der Waals surface area contributed by atoms with E-state index < -0.39 is 7.79 Å². The summed E-state index contributed by atoms with van der Waals surface area (Å²) in [7, 11) is 1.41. The van der Waals surface area contributed by atoms with E-state index in [1.54, 1.807) is 0 Å². The first-order valence-electron chi connectivity index (χ1n) is 9.28. The van der Waals surface area contributed by atoms with E-state index in [2.05, 4.69) is 22.3 Å². The van der Waals surface area contributed by atoms with Crippen LogP contribution in [0.1, 0.15) is 46.0 Å². The Morgan fingerprint density at radius 2 is 1.79 bits per heavy atom. The van der Waals surface area contributed by atoms with Crippen LogP contribution < -0.4 is 4.89 Å². The highest BCUT2D eigenvalue weighted by Crippen LogP contribution is 2.66. The van der Waals surface area contributed by atoms with Gasteiger partial charge in [0.15, 0.2) is 0 Å². The number of carbonyl (C=O) groups excluding carboxylic acids is 1. The van der Waals surface area contributed by atoms with Gasteiger partial charge in [0.25, 0.3) is 0 Å². The predicted octanol–water partition coefficient (Wildman–Crippen LogP) is 2.65. The fraction of sp³-hybridized carbons (Fsp3) is 0.833. The van der Waals surface area contributed by atoms with Crippen molar-refractivity contribution < 1.29 is 14.4 Å². The average Bonchev–Trinajstić information content (AvgIpc) is 2.78. The van der Waals surface area contributed by atoms with Crippen LogP contribution >= 0.6 is 7.79 Å². The van der Waals surface area contributed by atoms with Gasteiger partial charge in [0, 0.05) is 14.1 Å². The van der Waals surface area contributed by atoms with Gasteiger partial charge in [-0.15, -0.1) is 0 Å². The second kappa shape index (κ2) is 7.03. The topological polar surface area (TPSA) is 55.8 Å². The molecule has 5 nitrogen and oxygen atoms in total. The van der Waals surface area contributed by atoms with Crippen LogP contribution in [0.5, 0.6) is 0 Å². The van der Waals surface area contributed by atoms with E-state index in [-0.39, 0.29) is 23.7 Å². The van der Waals surface area contributed by atoms with Crippen molar-refractivity contribution in [3.8, 4) is 0 Å². The number of rotatable bonds is 3. The molecule has 2 aliphatic heterocycles. The molecule has 1 saturated carbocycles. The van der Waals surface area contributed by atoms with Crippen molar-refractivity contribution in [3.05, 3.63) is 11.9 Å². The lowest BCUT2D eigenvalue weighted by atomic mass is 9.80.